The van der Waals surface area contributed by atoms with E-state index < -0.39 is 6.09 Å². The summed E-state index contributed by atoms with van der Waals surface area (Å²) in [6.45, 7) is 0.589. The number of hydrogen-bond donors (Lipinski definition) is 2. The Morgan fingerprint density at radius 3 is 2.57 bits per heavy atom. The highest BCUT2D eigenvalue weighted by Crippen LogP contribution is 2.15. The number of nitrogens with one attached hydrogen (secondary N) is 1. The van der Waals surface area contributed by atoms with Crippen LogP contribution in [0, 0.1) is 0 Å². The summed E-state index contributed by atoms with van der Waals surface area (Å²) in [6.07, 6.45) is -1.07. The molecule has 0 aliphatic heterocycles. The van der Waals surface area contributed by atoms with Gasteiger partial charge < -0.3 is 9.84 Å². The molecule has 0 radical (unpaired) electrons. The Morgan fingerprint density at radius 2 is 2.07 bits per heavy atom. The second-order valence-electron chi connectivity index (χ2n) is 2.49. The van der Waals surface area contributed by atoms with E-state index in [0.717, 1.165) is 11.1 Å². The van der Waals surface area contributed by atoms with Crippen molar-refractivity contribution in [1.29, 1.82) is 0 Å². The first-order valence-electron chi connectivity index (χ1n) is 4.01. The van der Waals surface area contributed by atoms with Crippen LogP contribution in [0.25, 0.3) is 0 Å². The van der Waals surface area contributed by atoms with Crippen LogP contribution in [0.3, 0.4) is 0 Å². The van der Waals surface area contributed by atoms with Crippen LogP contribution in [-0.2, 0) is 0 Å². The van der Waals surface area contributed by atoms with Crippen LogP contribution < -0.4 is 10.1 Å². The number of rotatable bonds is 4. The number of halogens is 1. The van der Waals surface area contributed by atoms with Crippen LogP contribution in [0.15, 0.2) is 24.3 Å². The highest BCUT2D eigenvalue weighted by Gasteiger charge is 1.97. The van der Waals surface area contributed by atoms with Crippen LogP contribution in [0.1, 0.15) is 0 Å². The minimum Gasteiger partial charge on any atom is -0.493 e. The van der Waals surface area contributed by atoms with Crippen molar-refractivity contribution in [1.82, 2.24) is 0 Å². The number of anilines is 1. The largest absolute Gasteiger partial charge is 0.493 e. The number of hydrogen-bond acceptors (Lipinski definition) is 2. The summed E-state index contributed by atoms with van der Waals surface area (Å²) in [4.78, 5) is 10.3. The average molecular weight is 260 g/mol. The fraction of sp³-hybridized carbons (Fsp3) is 0.222. The molecule has 0 aromatic heterocycles. The van der Waals surface area contributed by atoms with Crippen molar-refractivity contribution in [2.45, 2.75) is 0 Å². The molecule has 1 aromatic rings. The van der Waals surface area contributed by atoms with Gasteiger partial charge in [-0.25, -0.2) is 4.79 Å². The van der Waals surface area contributed by atoms with Gasteiger partial charge in [-0.2, -0.15) is 0 Å². The zero-order chi connectivity index (χ0) is 10.4. The van der Waals surface area contributed by atoms with Gasteiger partial charge in [-0.05, 0) is 24.3 Å². The fourth-order valence-electron chi connectivity index (χ4n) is 0.914. The molecule has 0 heterocycles. The number of ether oxygens (including phenoxy) is 1. The summed E-state index contributed by atoms with van der Waals surface area (Å²) in [5, 5.41) is 11.4. The Bertz CT molecular complexity index is 299. The second kappa shape index (κ2) is 5.49. The first kappa shape index (κ1) is 10.8. The normalized spacial score (nSPS) is 9.50. The zero-order valence-corrected chi connectivity index (χ0v) is 8.95. The molecule has 76 valence electrons. The quantitative estimate of drug-likeness (QED) is 0.818. The summed E-state index contributed by atoms with van der Waals surface area (Å²) in [6, 6.07) is 6.73. The minimum atomic E-state index is -1.07. The van der Waals surface area contributed by atoms with E-state index in [1.807, 2.05) is 0 Å². The van der Waals surface area contributed by atoms with Crippen molar-refractivity contribution in [3.8, 4) is 5.75 Å². The van der Waals surface area contributed by atoms with Crippen molar-refractivity contribution in [3.63, 3.8) is 0 Å². The molecule has 14 heavy (non-hydrogen) atoms. The molecule has 1 amide bonds. The van der Waals surface area contributed by atoms with E-state index in [0.29, 0.717) is 12.3 Å². The molecule has 0 fully saturated rings. The molecule has 0 saturated carbocycles. The van der Waals surface area contributed by atoms with Gasteiger partial charge in [0, 0.05) is 11.0 Å². The summed E-state index contributed by atoms with van der Waals surface area (Å²) < 4.78 is 5.29. The zero-order valence-electron chi connectivity index (χ0n) is 7.37. The van der Waals surface area contributed by atoms with Crippen LogP contribution in [0.4, 0.5) is 10.5 Å². The van der Waals surface area contributed by atoms with Gasteiger partial charge in [-0.3, -0.25) is 5.32 Å². The van der Waals surface area contributed by atoms with Gasteiger partial charge in [0.2, 0.25) is 0 Å². The molecular weight excluding hydrogens is 250 g/mol. The van der Waals surface area contributed by atoms with E-state index in [-0.39, 0.29) is 0 Å². The first-order valence-corrected chi connectivity index (χ1v) is 5.13. The lowest BCUT2D eigenvalue weighted by atomic mass is 10.3. The Kier molecular flexibility index (Phi) is 4.25. The molecule has 0 atom stereocenters. The molecule has 0 saturated heterocycles. The van der Waals surface area contributed by atoms with Crippen molar-refractivity contribution in [2.24, 2.45) is 0 Å². The Balaban J connectivity index is 2.54. The lowest BCUT2D eigenvalue weighted by Crippen LogP contribution is -2.06. The lowest BCUT2D eigenvalue weighted by molar-refractivity contribution is 0.209. The van der Waals surface area contributed by atoms with Crippen molar-refractivity contribution >= 4 is 27.7 Å². The van der Waals surface area contributed by atoms with Gasteiger partial charge in [0.25, 0.3) is 0 Å². The summed E-state index contributed by atoms with van der Waals surface area (Å²) in [5.41, 5.74) is 0.531. The van der Waals surface area contributed by atoms with Crippen LogP contribution >= 0.6 is 15.9 Å². The van der Waals surface area contributed by atoms with Gasteiger partial charge in [-0.15, -0.1) is 0 Å². The molecule has 0 bridgehead atoms. The van der Waals surface area contributed by atoms with Gasteiger partial charge in [0.15, 0.2) is 0 Å². The molecule has 1 rings (SSSR count). The molecule has 0 unspecified atom stereocenters. The first-order chi connectivity index (χ1) is 6.72. The third kappa shape index (κ3) is 3.66. The van der Waals surface area contributed by atoms with E-state index in [4.69, 9.17) is 9.84 Å². The maximum absolute atomic E-state index is 10.3. The Morgan fingerprint density at radius 1 is 1.43 bits per heavy atom. The summed E-state index contributed by atoms with van der Waals surface area (Å²) >= 11 is 3.24. The van der Waals surface area contributed by atoms with E-state index in [1.54, 1.807) is 24.3 Å². The molecule has 5 heteroatoms. The topological polar surface area (TPSA) is 58.6 Å². The molecule has 0 aliphatic carbocycles. The molecule has 1 aromatic carbocycles. The van der Waals surface area contributed by atoms with Crippen molar-refractivity contribution < 1.29 is 14.6 Å². The maximum atomic E-state index is 10.3. The van der Waals surface area contributed by atoms with Crippen LogP contribution in [0.5, 0.6) is 5.75 Å². The third-order valence-electron chi connectivity index (χ3n) is 1.45. The molecular formula is C9H10BrNO3. The van der Waals surface area contributed by atoms with Crippen molar-refractivity contribution in [3.05, 3.63) is 24.3 Å². The summed E-state index contributed by atoms with van der Waals surface area (Å²) in [5.74, 6) is 0.723. The van der Waals surface area contributed by atoms with Crippen LogP contribution in [-0.4, -0.2) is 23.1 Å². The molecule has 0 spiro atoms. The van der Waals surface area contributed by atoms with E-state index in [2.05, 4.69) is 21.2 Å². The lowest BCUT2D eigenvalue weighted by Gasteiger charge is -2.05. The highest BCUT2D eigenvalue weighted by molar-refractivity contribution is 9.09. The SMILES string of the molecule is O=C(O)Nc1ccc(OCCBr)cc1. The maximum Gasteiger partial charge on any atom is 0.409 e. The number of alkyl halides is 1. The smallest absolute Gasteiger partial charge is 0.409 e. The molecule has 0 aliphatic rings. The monoisotopic (exact) mass is 259 g/mol. The standard InChI is InChI=1S/C9H10BrNO3/c10-5-6-14-8-3-1-7(2-4-8)11-9(12)13/h1-4,11H,5-6H2,(H,12,13). The predicted octanol–water partition coefficient (Wildman–Crippen LogP) is 2.55. The number of amides is 1. The van der Waals surface area contributed by atoms with Gasteiger partial charge in [0.1, 0.15) is 5.75 Å². The minimum absolute atomic E-state index is 0.531. The Labute approximate surface area is 90.0 Å². The number of benzene rings is 1. The van der Waals surface area contributed by atoms with E-state index in [9.17, 15) is 4.79 Å². The predicted molar refractivity (Wildman–Crippen MR) is 57.4 cm³/mol. The highest BCUT2D eigenvalue weighted by atomic mass is 79.9. The number of carbonyl (C=O) groups is 1. The summed E-state index contributed by atoms with van der Waals surface area (Å²) in [7, 11) is 0. The molecule has 4 nitrogen and oxygen atoms in total. The fourth-order valence-corrected chi connectivity index (χ4v) is 1.08. The third-order valence-corrected chi connectivity index (χ3v) is 1.78. The second-order valence-corrected chi connectivity index (χ2v) is 3.28. The van der Waals surface area contributed by atoms with E-state index >= 15 is 0 Å². The number of carboxylic acid groups (broad SMARTS) is 1. The van der Waals surface area contributed by atoms with Crippen LogP contribution in [0.2, 0.25) is 0 Å². The van der Waals surface area contributed by atoms with Gasteiger partial charge in [0.05, 0.1) is 6.61 Å². The average Bonchev–Trinajstić information content (AvgIpc) is 2.16. The van der Waals surface area contributed by atoms with Gasteiger partial charge >= 0.3 is 6.09 Å². The van der Waals surface area contributed by atoms with Gasteiger partial charge in [-0.1, -0.05) is 15.9 Å². The van der Waals surface area contributed by atoms with Crippen molar-refractivity contribution in [2.75, 3.05) is 17.3 Å². The van der Waals surface area contributed by atoms with E-state index in [1.165, 1.54) is 0 Å². The Hall–Kier alpha value is -1.23. The molecule has 2 N–H and O–H groups in total.